The first-order valence-corrected chi connectivity index (χ1v) is 5.08. The summed E-state index contributed by atoms with van der Waals surface area (Å²) in [6.07, 6.45) is 2.36. The van der Waals surface area contributed by atoms with Gasteiger partial charge in [-0.2, -0.15) is 0 Å². The summed E-state index contributed by atoms with van der Waals surface area (Å²) in [5.74, 6) is -1.82. The molecule has 5 nitrogen and oxygen atoms in total. The van der Waals surface area contributed by atoms with Gasteiger partial charge in [-0.15, -0.1) is 0 Å². The first-order valence-electron chi connectivity index (χ1n) is 5.08. The van der Waals surface area contributed by atoms with Crippen molar-refractivity contribution < 1.29 is 19.4 Å². The maximum atomic E-state index is 11.2. The molecule has 0 heterocycles. The Bertz CT molecular complexity index is 217. The summed E-state index contributed by atoms with van der Waals surface area (Å²) in [5.41, 5.74) is 5.62. The molecule has 5 heteroatoms. The van der Waals surface area contributed by atoms with Crippen LogP contribution in [0.15, 0.2) is 0 Å². The van der Waals surface area contributed by atoms with Crippen LogP contribution in [0, 0.1) is 5.92 Å². The van der Waals surface area contributed by atoms with Gasteiger partial charge in [-0.05, 0) is 12.3 Å². The molecule has 0 fully saturated rings. The molecule has 0 saturated heterocycles. The number of unbranched alkanes of at least 4 members (excludes halogenated alkanes) is 1. The van der Waals surface area contributed by atoms with E-state index in [0.29, 0.717) is 6.42 Å². The van der Waals surface area contributed by atoms with Crippen molar-refractivity contribution in [3.63, 3.8) is 0 Å². The highest BCUT2D eigenvalue weighted by Crippen LogP contribution is 2.17. The fraction of sp³-hybridized carbons (Fsp3) is 0.800. The molecule has 1 unspecified atom stereocenters. The summed E-state index contributed by atoms with van der Waals surface area (Å²) >= 11 is 0. The number of carbonyl (C=O) groups excluding carboxylic acids is 1. The van der Waals surface area contributed by atoms with Crippen molar-refractivity contribution in [3.05, 3.63) is 0 Å². The smallest absolute Gasteiger partial charge is 0.322 e. The van der Waals surface area contributed by atoms with Gasteiger partial charge < -0.3 is 15.6 Å². The molecule has 0 spiro atoms. The Kier molecular flexibility index (Phi) is 6.70. The predicted molar refractivity (Wildman–Crippen MR) is 55.3 cm³/mol. The molecular formula is C10H19NO4. The Morgan fingerprint density at radius 3 is 2.47 bits per heavy atom. The minimum atomic E-state index is -0.935. The highest BCUT2D eigenvalue weighted by molar-refractivity contribution is 5.77. The molecule has 0 saturated carbocycles. The number of esters is 1. The van der Waals surface area contributed by atoms with Crippen molar-refractivity contribution in [2.45, 2.75) is 38.6 Å². The van der Waals surface area contributed by atoms with Crippen molar-refractivity contribution in [1.29, 1.82) is 0 Å². The first kappa shape index (κ1) is 13.9. The molecule has 0 aliphatic heterocycles. The minimum Gasteiger partial charge on any atom is -0.481 e. The number of carbonyl (C=O) groups is 2. The molecule has 3 N–H and O–H groups in total. The third-order valence-corrected chi connectivity index (χ3v) is 2.35. The number of nitrogens with two attached hydrogens (primary N) is 1. The summed E-state index contributed by atoms with van der Waals surface area (Å²) in [4.78, 5) is 21.7. The normalized spacial score (nSPS) is 14.3. The lowest BCUT2D eigenvalue weighted by Gasteiger charge is -2.19. The highest BCUT2D eigenvalue weighted by atomic mass is 16.5. The molecule has 0 aromatic carbocycles. The monoisotopic (exact) mass is 217 g/mol. The molecule has 0 amide bonds. The molecule has 2 atom stereocenters. The van der Waals surface area contributed by atoms with Crippen molar-refractivity contribution in [2.75, 3.05) is 7.11 Å². The maximum absolute atomic E-state index is 11.2. The zero-order chi connectivity index (χ0) is 11.8. The van der Waals surface area contributed by atoms with E-state index in [1.54, 1.807) is 0 Å². The number of carboxylic acid groups (broad SMARTS) is 1. The summed E-state index contributed by atoms with van der Waals surface area (Å²) < 4.78 is 4.50. The third-order valence-electron chi connectivity index (χ3n) is 2.35. The highest BCUT2D eigenvalue weighted by Gasteiger charge is 2.26. The van der Waals surface area contributed by atoms with Crippen LogP contribution >= 0.6 is 0 Å². The fourth-order valence-corrected chi connectivity index (χ4v) is 1.43. The van der Waals surface area contributed by atoms with Gasteiger partial charge in [0.1, 0.15) is 6.04 Å². The second-order valence-electron chi connectivity index (χ2n) is 3.55. The largest absolute Gasteiger partial charge is 0.481 e. The number of carboxylic acids is 1. The van der Waals surface area contributed by atoms with E-state index in [2.05, 4.69) is 4.74 Å². The van der Waals surface area contributed by atoms with Gasteiger partial charge in [0, 0.05) is 0 Å². The van der Waals surface area contributed by atoms with Gasteiger partial charge in [0.05, 0.1) is 13.5 Å². The van der Waals surface area contributed by atoms with Gasteiger partial charge in [0.25, 0.3) is 0 Å². The van der Waals surface area contributed by atoms with Crippen LogP contribution in [-0.2, 0) is 14.3 Å². The topological polar surface area (TPSA) is 89.6 Å². The molecule has 88 valence electrons. The number of aliphatic carboxylic acids is 1. The summed E-state index contributed by atoms with van der Waals surface area (Å²) in [6.45, 7) is 2.00. The SMILES string of the molecule is CCCCC(CC(=O)O)[C@H](N)C(=O)OC. The Labute approximate surface area is 89.6 Å². The first-order chi connectivity index (χ1) is 7.02. The van der Waals surface area contributed by atoms with Crippen LogP contribution < -0.4 is 5.73 Å². The van der Waals surface area contributed by atoms with Crippen LogP contribution in [0.5, 0.6) is 0 Å². The minimum absolute atomic E-state index is 0.0870. The summed E-state index contributed by atoms with van der Waals surface area (Å²) in [5, 5.41) is 8.68. The van der Waals surface area contributed by atoms with Crippen LogP contribution in [0.1, 0.15) is 32.6 Å². The Morgan fingerprint density at radius 1 is 1.47 bits per heavy atom. The summed E-state index contributed by atoms with van der Waals surface area (Å²) in [7, 11) is 1.25. The Balaban J connectivity index is 4.32. The number of hydrogen-bond acceptors (Lipinski definition) is 4. The average Bonchev–Trinajstić information content (AvgIpc) is 2.21. The van der Waals surface area contributed by atoms with Gasteiger partial charge in [-0.25, -0.2) is 0 Å². The van der Waals surface area contributed by atoms with E-state index in [0.717, 1.165) is 12.8 Å². The average molecular weight is 217 g/mol. The van der Waals surface area contributed by atoms with Crippen LogP contribution in [-0.4, -0.2) is 30.2 Å². The summed E-state index contributed by atoms with van der Waals surface area (Å²) in [6, 6.07) is -0.836. The van der Waals surface area contributed by atoms with E-state index in [1.807, 2.05) is 6.92 Å². The van der Waals surface area contributed by atoms with Crippen molar-refractivity contribution in [3.8, 4) is 0 Å². The maximum Gasteiger partial charge on any atom is 0.322 e. The molecule has 0 aromatic rings. The molecule has 0 rings (SSSR count). The fourth-order valence-electron chi connectivity index (χ4n) is 1.43. The Morgan fingerprint density at radius 2 is 2.07 bits per heavy atom. The van der Waals surface area contributed by atoms with Gasteiger partial charge in [-0.3, -0.25) is 9.59 Å². The van der Waals surface area contributed by atoms with Crippen molar-refractivity contribution >= 4 is 11.9 Å². The van der Waals surface area contributed by atoms with Crippen LogP contribution in [0.2, 0.25) is 0 Å². The molecule has 0 aliphatic rings. The third kappa shape index (κ3) is 5.37. The second kappa shape index (κ2) is 7.23. The molecule has 0 radical (unpaired) electrons. The standard InChI is InChI=1S/C10H19NO4/c1-3-4-5-7(6-8(12)13)9(11)10(14)15-2/h7,9H,3-6,11H2,1-2H3,(H,12,13)/t7?,9-/m0/s1. The Hall–Kier alpha value is -1.10. The van der Waals surface area contributed by atoms with Crippen LogP contribution in [0.3, 0.4) is 0 Å². The van der Waals surface area contributed by atoms with E-state index in [1.165, 1.54) is 7.11 Å². The van der Waals surface area contributed by atoms with E-state index in [9.17, 15) is 9.59 Å². The van der Waals surface area contributed by atoms with E-state index >= 15 is 0 Å². The van der Waals surface area contributed by atoms with E-state index in [4.69, 9.17) is 10.8 Å². The van der Waals surface area contributed by atoms with Crippen molar-refractivity contribution in [2.24, 2.45) is 11.7 Å². The predicted octanol–water partition coefficient (Wildman–Crippen LogP) is 0.768. The van der Waals surface area contributed by atoms with Gasteiger partial charge in [0.2, 0.25) is 0 Å². The number of methoxy groups -OCH3 is 1. The van der Waals surface area contributed by atoms with Crippen LogP contribution in [0.25, 0.3) is 0 Å². The quantitative estimate of drug-likeness (QED) is 0.615. The van der Waals surface area contributed by atoms with Crippen LogP contribution in [0.4, 0.5) is 0 Å². The van der Waals surface area contributed by atoms with Gasteiger partial charge in [0.15, 0.2) is 0 Å². The van der Waals surface area contributed by atoms with Gasteiger partial charge >= 0.3 is 11.9 Å². The second-order valence-corrected chi connectivity index (χ2v) is 3.55. The molecule has 0 aromatic heterocycles. The molecule has 15 heavy (non-hydrogen) atoms. The molecular weight excluding hydrogens is 198 g/mol. The van der Waals surface area contributed by atoms with Crippen molar-refractivity contribution in [1.82, 2.24) is 0 Å². The zero-order valence-electron chi connectivity index (χ0n) is 9.23. The lowest BCUT2D eigenvalue weighted by Crippen LogP contribution is -2.40. The number of hydrogen-bond donors (Lipinski definition) is 2. The number of rotatable bonds is 7. The number of ether oxygens (including phenoxy) is 1. The van der Waals surface area contributed by atoms with Gasteiger partial charge in [-0.1, -0.05) is 19.8 Å². The lowest BCUT2D eigenvalue weighted by atomic mass is 9.91. The molecule has 0 aliphatic carbocycles. The van der Waals surface area contributed by atoms with E-state index in [-0.39, 0.29) is 12.3 Å². The van der Waals surface area contributed by atoms with E-state index < -0.39 is 18.0 Å². The molecule has 0 bridgehead atoms. The lowest BCUT2D eigenvalue weighted by molar-refractivity contribution is -0.145. The zero-order valence-corrected chi connectivity index (χ0v) is 9.23.